The number of hydrazine groups is 1. The van der Waals surface area contributed by atoms with E-state index in [1.165, 1.54) is 12.3 Å². The van der Waals surface area contributed by atoms with Gasteiger partial charge in [-0.05, 0) is 43.8 Å². The summed E-state index contributed by atoms with van der Waals surface area (Å²) in [6.45, 7) is 0.805. The molecule has 1 fully saturated rings. The smallest absolute Gasteiger partial charge is 0.247 e. The molecule has 2 atom stereocenters. The number of nitrogens with zero attached hydrogens (tertiary/aromatic N) is 7. The van der Waals surface area contributed by atoms with Crippen molar-refractivity contribution in [3.63, 3.8) is 0 Å². The van der Waals surface area contributed by atoms with Gasteiger partial charge in [0.05, 0.1) is 17.8 Å². The molecule has 4 aromatic rings. The first-order valence-corrected chi connectivity index (χ1v) is 12.2. The highest BCUT2D eigenvalue weighted by molar-refractivity contribution is 5.93. The summed E-state index contributed by atoms with van der Waals surface area (Å²) in [5.74, 6) is 4.54. The molecule has 1 aliphatic heterocycles. The topological polar surface area (TPSA) is 127 Å². The predicted molar refractivity (Wildman–Crippen MR) is 140 cm³/mol. The Morgan fingerprint density at radius 1 is 1.08 bits per heavy atom. The fourth-order valence-corrected chi connectivity index (χ4v) is 4.50. The molecule has 1 amide bonds. The van der Waals surface area contributed by atoms with Gasteiger partial charge in [-0.2, -0.15) is 5.10 Å². The molecule has 0 spiro atoms. The van der Waals surface area contributed by atoms with E-state index in [2.05, 4.69) is 25.4 Å². The first-order valence-electron chi connectivity index (χ1n) is 12.2. The number of benzene rings is 1. The van der Waals surface area contributed by atoms with E-state index in [9.17, 15) is 13.6 Å². The molecule has 4 heterocycles. The van der Waals surface area contributed by atoms with Crippen LogP contribution in [-0.4, -0.2) is 61.8 Å². The van der Waals surface area contributed by atoms with Gasteiger partial charge in [-0.1, -0.05) is 6.07 Å². The van der Waals surface area contributed by atoms with E-state index < -0.39 is 35.3 Å². The van der Waals surface area contributed by atoms with E-state index in [1.807, 2.05) is 4.90 Å². The van der Waals surface area contributed by atoms with E-state index in [1.54, 1.807) is 55.4 Å². The number of piperidine rings is 1. The van der Waals surface area contributed by atoms with Crippen LogP contribution in [0.5, 0.6) is 5.75 Å². The van der Waals surface area contributed by atoms with Gasteiger partial charge in [0.25, 0.3) is 0 Å². The third-order valence-electron chi connectivity index (χ3n) is 6.39. The number of para-hydroxylation sites is 1. The maximum absolute atomic E-state index is 14.1. The number of rotatable bonds is 7. The van der Waals surface area contributed by atoms with Crippen LogP contribution in [0, 0.1) is 17.6 Å². The Labute approximate surface area is 223 Å². The number of hydrogen-bond acceptors (Lipinski definition) is 9. The van der Waals surface area contributed by atoms with Gasteiger partial charge in [0.1, 0.15) is 17.7 Å². The van der Waals surface area contributed by atoms with Gasteiger partial charge in [0.2, 0.25) is 11.9 Å². The standard InChI is InChI=1S/C26H27F2N9O2/c1-35-14-17(12-18(15-35)39-24-19(27)4-3-5-20(24)28)25(38)37(29)23-13-16(6-9-30-23)21-7-10-31-26(33-21)34-22-8-11-32-36(22)2/h3-11,13,17-18H,12,14-15,29H2,1-2H3,(H,31,33,34). The number of pyridine rings is 1. The molecule has 1 saturated heterocycles. The third kappa shape index (κ3) is 5.84. The molecular weight excluding hydrogens is 508 g/mol. The van der Waals surface area contributed by atoms with Crippen molar-refractivity contribution in [2.24, 2.45) is 18.8 Å². The average Bonchev–Trinajstić information content (AvgIpc) is 3.34. The molecule has 0 radical (unpaired) electrons. The van der Waals surface area contributed by atoms with Crippen molar-refractivity contribution in [2.75, 3.05) is 30.5 Å². The van der Waals surface area contributed by atoms with E-state index in [0.29, 0.717) is 30.3 Å². The molecular formula is C26H27F2N9O2. The fourth-order valence-electron chi connectivity index (χ4n) is 4.50. The van der Waals surface area contributed by atoms with Crippen LogP contribution in [0.15, 0.2) is 61.1 Å². The van der Waals surface area contributed by atoms with Gasteiger partial charge >= 0.3 is 0 Å². The minimum absolute atomic E-state index is 0.225. The number of carbonyl (C=O) groups is 1. The van der Waals surface area contributed by atoms with E-state index >= 15 is 0 Å². The second kappa shape index (κ2) is 11.1. The van der Waals surface area contributed by atoms with E-state index in [-0.39, 0.29) is 12.2 Å². The number of likely N-dealkylation sites (N-methyl/N-ethyl adjacent to an activating group) is 1. The van der Waals surface area contributed by atoms with Crippen molar-refractivity contribution in [2.45, 2.75) is 12.5 Å². The summed E-state index contributed by atoms with van der Waals surface area (Å²) in [6, 6.07) is 10.5. The van der Waals surface area contributed by atoms with Crippen molar-refractivity contribution in [3.8, 4) is 17.0 Å². The van der Waals surface area contributed by atoms with Gasteiger partial charge in [-0.3, -0.25) is 9.48 Å². The Bertz CT molecular complexity index is 1460. The van der Waals surface area contributed by atoms with Crippen molar-refractivity contribution in [1.82, 2.24) is 29.6 Å². The second-order valence-corrected chi connectivity index (χ2v) is 9.29. The summed E-state index contributed by atoms with van der Waals surface area (Å²) in [7, 11) is 3.60. The molecule has 5 rings (SSSR count). The molecule has 13 heteroatoms. The Balaban J connectivity index is 1.31. The monoisotopic (exact) mass is 535 g/mol. The van der Waals surface area contributed by atoms with Crippen molar-refractivity contribution in [3.05, 3.63) is 72.7 Å². The number of hydrogen-bond donors (Lipinski definition) is 2. The van der Waals surface area contributed by atoms with Crippen LogP contribution >= 0.6 is 0 Å². The summed E-state index contributed by atoms with van der Waals surface area (Å²) >= 11 is 0. The molecule has 0 bridgehead atoms. The third-order valence-corrected chi connectivity index (χ3v) is 6.39. The SMILES string of the molecule is CN1CC(Oc2c(F)cccc2F)CC(C(=O)N(N)c2cc(-c3ccnc(Nc4ccnn4C)n3)ccn2)C1. The molecule has 3 aromatic heterocycles. The Hall–Kier alpha value is -4.49. The molecule has 3 N–H and O–H groups in total. The number of likely N-dealkylation sites (tertiary alicyclic amines) is 1. The lowest BCUT2D eigenvalue weighted by molar-refractivity contribution is -0.125. The lowest BCUT2D eigenvalue weighted by Gasteiger charge is -2.36. The van der Waals surface area contributed by atoms with Crippen LogP contribution in [0.1, 0.15) is 6.42 Å². The van der Waals surface area contributed by atoms with Crippen molar-refractivity contribution in [1.29, 1.82) is 0 Å². The average molecular weight is 536 g/mol. The number of halogens is 2. The number of aryl methyl sites for hydroxylation is 1. The number of nitrogens with one attached hydrogen (secondary N) is 1. The lowest BCUT2D eigenvalue weighted by Crippen LogP contribution is -2.51. The summed E-state index contributed by atoms with van der Waals surface area (Å²) in [4.78, 5) is 28.3. The molecule has 0 saturated carbocycles. The summed E-state index contributed by atoms with van der Waals surface area (Å²) in [6.07, 6.45) is 4.43. The maximum atomic E-state index is 14.1. The van der Waals surface area contributed by atoms with Gasteiger partial charge in [0, 0.05) is 44.2 Å². The zero-order valence-corrected chi connectivity index (χ0v) is 21.3. The first-order chi connectivity index (χ1) is 18.8. The number of carbonyl (C=O) groups excluding carboxylic acids is 1. The Morgan fingerprint density at radius 2 is 1.85 bits per heavy atom. The number of aromatic nitrogens is 5. The van der Waals surface area contributed by atoms with Crippen LogP contribution in [0.25, 0.3) is 11.3 Å². The Morgan fingerprint density at radius 3 is 2.59 bits per heavy atom. The van der Waals surface area contributed by atoms with Crippen molar-refractivity contribution >= 4 is 23.5 Å². The first kappa shape index (κ1) is 26.1. The van der Waals surface area contributed by atoms with Crippen LogP contribution < -0.4 is 20.9 Å². The van der Waals surface area contributed by atoms with Gasteiger partial charge < -0.3 is 15.0 Å². The van der Waals surface area contributed by atoms with Gasteiger partial charge in [-0.15, -0.1) is 0 Å². The highest BCUT2D eigenvalue weighted by Gasteiger charge is 2.34. The van der Waals surface area contributed by atoms with Crippen LogP contribution in [0.3, 0.4) is 0 Å². The van der Waals surface area contributed by atoms with Gasteiger partial charge in [-0.25, -0.2) is 34.6 Å². The maximum Gasteiger partial charge on any atom is 0.247 e. The zero-order valence-electron chi connectivity index (χ0n) is 21.3. The number of anilines is 3. The second-order valence-electron chi connectivity index (χ2n) is 9.29. The predicted octanol–water partition coefficient (Wildman–Crippen LogP) is 2.90. The molecule has 1 aromatic carbocycles. The number of nitrogens with two attached hydrogens (primary N) is 1. The summed E-state index contributed by atoms with van der Waals surface area (Å²) in [5.41, 5.74) is 1.27. The minimum atomic E-state index is -0.795. The van der Waals surface area contributed by atoms with E-state index in [4.69, 9.17) is 10.6 Å². The summed E-state index contributed by atoms with van der Waals surface area (Å²) in [5, 5.41) is 8.21. The van der Waals surface area contributed by atoms with Gasteiger partial charge in [0.15, 0.2) is 17.4 Å². The van der Waals surface area contributed by atoms with Crippen molar-refractivity contribution < 1.29 is 18.3 Å². The normalized spacial score (nSPS) is 17.6. The van der Waals surface area contributed by atoms with Crippen LogP contribution in [0.4, 0.5) is 26.4 Å². The lowest BCUT2D eigenvalue weighted by atomic mass is 9.95. The molecule has 1 aliphatic rings. The molecule has 2 unspecified atom stereocenters. The largest absolute Gasteiger partial charge is 0.483 e. The highest BCUT2D eigenvalue weighted by Crippen LogP contribution is 2.28. The van der Waals surface area contributed by atoms with E-state index in [0.717, 1.165) is 23.0 Å². The zero-order chi connectivity index (χ0) is 27.5. The number of ether oxygens (including phenoxy) is 1. The minimum Gasteiger partial charge on any atom is -0.483 e. The highest BCUT2D eigenvalue weighted by atomic mass is 19.1. The fraction of sp³-hybridized carbons (Fsp3) is 0.269. The quantitative estimate of drug-likeness (QED) is 0.209. The molecule has 39 heavy (non-hydrogen) atoms. The van der Waals surface area contributed by atoms with Crippen LogP contribution in [-0.2, 0) is 11.8 Å². The molecule has 202 valence electrons. The molecule has 11 nitrogen and oxygen atoms in total. The molecule has 0 aliphatic carbocycles. The Kier molecular flexibility index (Phi) is 7.43. The summed E-state index contributed by atoms with van der Waals surface area (Å²) < 4.78 is 35.5. The van der Waals surface area contributed by atoms with Crippen LogP contribution in [0.2, 0.25) is 0 Å². The number of amides is 1.